The first-order chi connectivity index (χ1) is 12.1. The molecule has 0 radical (unpaired) electrons. The molecule has 1 aliphatic carbocycles. The van der Waals surface area contributed by atoms with Crippen molar-refractivity contribution in [1.82, 2.24) is 9.97 Å². The fourth-order valence-electron chi connectivity index (χ4n) is 3.02. The van der Waals surface area contributed by atoms with Gasteiger partial charge in [-0.3, -0.25) is 0 Å². The van der Waals surface area contributed by atoms with Crippen molar-refractivity contribution in [2.24, 2.45) is 11.7 Å². The summed E-state index contributed by atoms with van der Waals surface area (Å²) in [7, 11) is 0. The number of ether oxygens (including phenoxy) is 1. The van der Waals surface area contributed by atoms with Crippen molar-refractivity contribution in [3.05, 3.63) is 29.2 Å². The molecule has 1 atom stereocenters. The molecule has 0 saturated heterocycles. The molecule has 2 N–H and O–H groups in total. The summed E-state index contributed by atoms with van der Waals surface area (Å²) in [5, 5.41) is 2.34. The quantitative estimate of drug-likeness (QED) is 0.693. The smallest absolute Gasteiger partial charge is 0.223 e. The lowest BCUT2D eigenvalue weighted by molar-refractivity contribution is 0.0732. The molecule has 138 valence electrons. The maximum absolute atomic E-state index is 6.20. The Morgan fingerprint density at radius 1 is 1.28 bits per heavy atom. The summed E-state index contributed by atoms with van der Waals surface area (Å²) in [6.07, 6.45) is 9.00. The average Bonchev–Trinajstić information content (AvgIpc) is 2.60. The first kappa shape index (κ1) is 20.3. The SMILES string of the molecule is CC.CCC(N)c1cnc(OC2CC(CSC)C2)c2cnc(Cl)cc12. The summed E-state index contributed by atoms with van der Waals surface area (Å²) in [6.45, 7) is 6.06. The van der Waals surface area contributed by atoms with Crippen LogP contribution in [0.15, 0.2) is 18.5 Å². The van der Waals surface area contributed by atoms with Crippen LogP contribution in [-0.2, 0) is 0 Å². The van der Waals surface area contributed by atoms with Crippen LogP contribution in [-0.4, -0.2) is 28.1 Å². The lowest BCUT2D eigenvalue weighted by Gasteiger charge is -2.34. The average molecular weight is 382 g/mol. The molecule has 2 heterocycles. The van der Waals surface area contributed by atoms with E-state index in [9.17, 15) is 0 Å². The number of pyridine rings is 2. The van der Waals surface area contributed by atoms with E-state index in [2.05, 4.69) is 23.1 Å². The van der Waals surface area contributed by atoms with Gasteiger partial charge >= 0.3 is 0 Å². The van der Waals surface area contributed by atoms with Crippen molar-refractivity contribution in [2.45, 2.75) is 52.2 Å². The predicted molar refractivity (Wildman–Crippen MR) is 109 cm³/mol. The number of aromatic nitrogens is 2. The predicted octanol–water partition coefficient (Wildman–Crippen LogP) is 5.24. The highest BCUT2D eigenvalue weighted by molar-refractivity contribution is 7.98. The van der Waals surface area contributed by atoms with Gasteiger partial charge in [-0.15, -0.1) is 0 Å². The topological polar surface area (TPSA) is 61.0 Å². The van der Waals surface area contributed by atoms with Gasteiger partial charge in [0.25, 0.3) is 0 Å². The van der Waals surface area contributed by atoms with Gasteiger partial charge in [0.1, 0.15) is 11.3 Å². The first-order valence-corrected chi connectivity index (χ1v) is 10.7. The van der Waals surface area contributed by atoms with Crippen molar-refractivity contribution in [3.8, 4) is 5.88 Å². The summed E-state index contributed by atoms with van der Waals surface area (Å²) in [5.41, 5.74) is 7.20. The van der Waals surface area contributed by atoms with E-state index >= 15 is 0 Å². The normalized spacial score (nSPS) is 20.4. The third-order valence-electron chi connectivity index (χ3n) is 4.45. The summed E-state index contributed by atoms with van der Waals surface area (Å²) < 4.78 is 6.10. The van der Waals surface area contributed by atoms with Crippen LogP contribution < -0.4 is 10.5 Å². The fraction of sp³-hybridized carbons (Fsp3) is 0.579. The van der Waals surface area contributed by atoms with E-state index in [0.717, 1.165) is 41.5 Å². The molecule has 1 fully saturated rings. The van der Waals surface area contributed by atoms with Gasteiger partial charge in [-0.1, -0.05) is 32.4 Å². The van der Waals surface area contributed by atoms with Gasteiger partial charge in [0.2, 0.25) is 5.88 Å². The Morgan fingerprint density at radius 3 is 2.64 bits per heavy atom. The zero-order valence-electron chi connectivity index (χ0n) is 15.5. The van der Waals surface area contributed by atoms with Crippen LogP contribution >= 0.6 is 23.4 Å². The van der Waals surface area contributed by atoms with Gasteiger partial charge in [0, 0.05) is 18.4 Å². The molecule has 6 heteroatoms. The van der Waals surface area contributed by atoms with Crippen molar-refractivity contribution < 1.29 is 4.74 Å². The largest absolute Gasteiger partial charge is 0.474 e. The molecular weight excluding hydrogens is 354 g/mol. The summed E-state index contributed by atoms with van der Waals surface area (Å²) in [6, 6.07) is 1.79. The van der Waals surface area contributed by atoms with Crippen LogP contribution in [0.4, 0.5) is 0 Å². The molecule has 2 aromatic rings. The Balaban J connectivity index is 0.00000109. The highest BCUT2D eigenvalue weighted by Gasteiger charge is 2.31. The molecule has 0 amide bonds. The third kappa shape index (κ3) is 4.78. The van der Waals surface area contributed by atoms with Gasteiger partial charge in [-0.2, -0.15) is 11.8 Å². The lowest BCUT2D eigenvalue weighted by atomic mass is 9.84. The van der Waals surface area contributed by atoms with Crippen molar-refractivity contribution >= 4 is 34.1 Å². The Labute approximate surface area is 159 Å². The van der Waals surface area contributed by atoms with E-state index in [1.807, 2.05) is 37.9 Å². The number of hydrogen-bond acceptors (Lipinski definition) is 5. The highest BCUT2D eigenvalue weighted by atomic mass is 35.5. The molecule has 25 heavy (non-hydrogen) atoms. The van der Waals surface area contributed by atoms with Gasteiger partial charge < -0.3 is 10.5 Å². The summed E-state index contributed by atoms with van der Waals surface area (Å²) in [5.74, 6) is 2.61. The Bertz CT molecular complexity index is 692. The van der Waals surface area contributed by atoms with Gasteiger partial charge in [-0.25, -0.2) is 9.97 Å². The number of nitrogens with zero attached hydrogens (tertiary/aromatic N) is 2. The minimum Gasteiger partial charge on any atom is -0.474 e. The molecule has 1 aliphatic rings. The summed E-state index contributed by atoms with van der Waals surface area (Å²) >= 11 is 7.97. The fourth-order valence-corrected chi connectivity index (χ4v) is 3.92. The minimum atomic E-state index is -0.0628. The van der Waals surface area contributed by atoms with Gasteiger partial charge in [0.05, 0.1) is 5.39 Å². The van der Waals surface area contributed by atoms with E-state index in [1.54, 1.807) is 6.20 Å². The number of fused-ring (bicyclic) bond motifs is 1. The molecule has 3 rings (SSSR count). The second kappa shape index (κ2) is 9.60. The standard InChI is InChI=1S/C17H22ClN3OS.C2H6/c1-3-15(19)13-7-21-17(14-8-20-16(18)6-12(13)14)22-11-4-10(5-11)9-23-2;1-2/h6-8,10-11,15H,3-5,9,19H2,1-2H3;1-2H3. The molecule has 1 unspecified atom stereocenters. The van der Waals surface area contributed by atoms with Crippen LogP contribution in [0.3, 0.4) is 0 Å². The van der Waals surface area contributed by atoms with E-state index in [1.165, 1.54) is 5.75 Å². The van der Waals surface area contributed by atoms with Crippen LogP contribution in [0.25, 0.3) is 10.8 Å². The number of thioether (sulfide) groups is 1. The first-order valence-electron chi connectivity index (χ1n) is 8.97. The van der Waals surface area contributed by atoms with Gasteiger partial charge in [-0.05, 0) is 54.2 Å². The maximum Gasteiger partial charge on any atom is 0.223 e. The van der Waals surface area contributed by atoms with Crippen molar-refractivity contribution in [3.63, 3.8) is 0 Å². The van der Waals surface area contributed by atoms with Crippen molar-refractivity contribution in [2.75, 3.05) is 12.0 Å². The Kier molecular flexibility index (Phi) is 7.79. The molecule has 2 aromatic heterocycles. The van der Waals surface area contributed by atoms with E-state index < -0.39 is 0 Å². The zero-order valence-corrected chi connectivity index (χ0v) is 17.0. The number of halogens is 1. The summed E-state index contributed by atoms with van der Waals surface area (Å²) in [4.78, 5) is 8.70. The Hall–Kier alpha value is -1.04. The van der Waals surface area contributed by atoms with E-state index in [4.69, 9.17) is 22.1 Å². The van der Waals surface area contributed by atoms with Crippen LogP contribution in [0, 0.1) is 5.92 Å². The number of rotatable bonds is 6. The Morgan fingerprint density at radius 2 is 2.00 bits per heavy atom. The van der Waals surface area contributed by atoms with Crippen LogP contribution in [0.2, 0.25) is 5.15 Å². The highest BCUT2D eigenvalue weighted by Crippen LogP contribution is 2.36. The van der Waals surface area contributed by atoms with Crippen LogP contribution in [0.1, 0.15) is 51.6 Å². The molecule has 4 nitrogen and oxygen atoms in total. The molecule has 0 aliphatic heterocycles. The number of nitrogens with two attached hydrogens (primary N) is 1. The maximum atomic E-state index is 6.20. The second-order valence-corrected chi connectivity index (χ2v) is 7.42. The lowest BCUT2D eigenvalue weighted by Crippen LogP contribution is -2.35. The van der Waals surface area contributed by atoms with E-state index in [-0.39, 0.29) is 12.1 Å². The molecular formula is C19H28ClN3OS. The third-order valence-corrected chi connectivity index (χ3v) is 5.46. The molecule has 0 aromatic carbocycles. The zero-order chi connectivity index (χ0) is 18.4. The molecule has 1 saturated carbocycles. The van der Waals surface area contributed by atoms with E-state index in [0.29, 0.717) is 11.0 Å². The molecule has 0 bridgehead atoms. The second-order valence-electron chi connectivity index (χ2n) is 6.12. The van der Waals surface area contributed by atoms with Crippen LogP contribution in [0.5, 0.6) is 5.88 Å². The van der Waals surface area contributed by atoms with Gasteiger partial charge in [0.15, 0.2) is 0 Å². The number of hydrogen-bond donors (Lipinski definition) is 1. The minimum absolute atomic E-state index is 0.0628. The van der Waals surface area contributed by atoms with Crippen molar-refractivity contribution in [1.29, 1.82) is 0 Å². The monoisotopic (exact) mass is 381 g/mol. The molecule has 0 spiro atoms.